The molecule has 0 radical (unpaired) electrons. The normalized spacial score (nSPS) is 10.5. The van der Waals surface area contributed by atoms with Crippen molar-refractivity contribution in [3.05, 3.63) is 56.0 Å². The number of nitrogens with one attached hydrogen (secondary N) is 1. The van der Waals surface area contributed by atoms with Gasteiger partial charge in [-0.15, -0.1) is 0 Å². The highest BCUT2D eigenvalue weighted by atomic mass is 35.5. The van der Waals surface area contributed by atoms with Gasteiger partial charge in [-0.3, -0.25) is 4.79 Å². The van der Waals surface area contributed by atoms with Crippen LogP contribution in [0.15, 0.2) is 30.3 Å². The van der Waals surface area contributed by atoms with Gasteiger partial charge in [-0.1, -0.05) is 59.7 Å². The number of halogens is 4. The summed E-state index contributed by atoms with van der Waals surface area (Å²) in [6.07, 6.45) is 1.89. The Bertz CT molecular complexity index is 726. The highest BCUT2D eigenvalue weighted by Gasteiger charge is 2.15. The molecule has 0 saturated carbocycles. The van der Waals surface area contributed by atoms with E-state index in [2.05, 4.69) is 12.2 Å². The van der Waals surface area contributed by atoms with Crippen molar-refractivity contribution in [1.29, 1.82) is 0 Å². The second-order valence-electron chi connectivity index (χ2n) is 5.05. The van der Waals surface area contributed by atoms with E-state index in [4.69, 9.17) is 51.1 Å². The van der Waals surface area contributed by atoms with Gasteiger partial charge in [0.2, 0.25) is 0 Å². The molecule has 24 heavy (non-hydrogen) atoms. The first-order valence-corrected chi connectivity index (χ1v) is 8.81. The Morgan fingerprint density at radius 3 is 2.29 bits per heavy atom. The Labute approximate surface area is 160 Å². The molecule has 7 heteroatoms. The van der Waals surface area contributed by atoms with E-state index in [9.17, 15) is 4.79 Å². The Balaban J connectivity index is 2.18. The molecular formula is C17H15Cl4NO2. The second-order valence-corrected chi connectivity index (χ2v) is 6.71. The summed E-state index contributed by atoms with van der Waals surface area (Å²) >= 11 is 24.2. The third kappa shape index (κ3) is 4.93. The molecular weight excluding hydrogens is 392 g/mol. The summed E-state index contributed by atoms with van der Waals surface area (Å²) in [4.78, 5) is 12.4. The van der Waals surface area contributed by atoms with Gasteiger partial charge >= 0.3 is 0 Å². The molecule has 1 N–H and O–H groups in total. The molecule has 2 rings (SSSR count). The molecule has 2 aromatic rings. The van der Waals surface area contributed by atoms with Gasteiger partial charge in [0.1, 0.15) is 0 Å². The van der Waals surface area contributed by atoms with Crippen molar-refractivity contribution in [2.75, 3.05) is 11.9 Å². The monoisotopic (exact) mass is 405 g/mol. The zero-order valence-corrected chi connectivity index (χ0v) is 15.9. The molecule has 0 heterocycles. The van der Waals surface area contributed by atoms with Crippen LogP contribution < -0.4 is 10.1 Å². The number of carbonyl (C=O) groups is 1. The number of unbranched alkanes of at least 4 members (excludes halogenated alkanes) is 1. The predicted octanol–water partition coefficient (Wildman–Crippen LogP) is 6.73. The lowest BCUT2D eigenvalue weighted by molar-refractivity contribution is 0.102. The predicted molar refractivity (Wildman–Crippen MR) is 101 cm³/mol. The Kier molecular flexibility index (Phi) is 7.05. The maximum atomic E-state index is 12.4. The van der Waals surface area contributed by atoms with Crippen LogP contribution in [-0.2, 0) is 0 Å². The van der Waals surface area contributed by atoms with E-state index in [0.29, 0.717) is 33.7 Å². The summed E-state index contributed by atoms with van der Waals surface area (Å²) in [6.45, 7) is 2.57. The molecule has 0 saturated heterocycles. The molecule has 0 aliphatic rings. The first kappa shape index (κ1) is 19.2. The molecule has 0 aliphatic carbocycles. The first-order chi connectivity index (χ1) is 11.4. The van der Waals surface area contributed by atoms with Crippen molar-refractivity contribution < 1.29 is 9.53 Å². The minimum absolute atomic E-state index is 0.283. The number of benzene rings is 2. The molecule has 0 aromatic heterocycles. The maximum Gasteiger partial charge on any atom is 0.255 e. The van der Waals surface area contributed by atoms with Crippen molar-refractivity contribution in [1.82, 2.24) is 0 Å². The van der Waals surface area contributed by atoms with Crippen LogP contribution in [0, 0.1) is 0 Å². The molecule has 0 bridgehead atoms. The van der Waals surface area contributed by atoms with Crippen molar-refractivity contribution >= 4 is 58.0 Å². The van der Waals surface area contributed by atoms with Crippen LogP contribution in [0.5, 0.6) is 5.75 Å². The first-order valence-electron chi connectivity index (χ1n) is 7.30. The molecule has 128 valence electrons. The number of anilines is 1. The highest BCUT2D eigenvalue weighted by Crippen LogP contribution is 2.35. The van der Waals surface area contributed by atoms with Crippen LogP contribution >= 0.6 is 46.4 Å². The third-order valence-corrected chi connectivity index (χ3v) is 4.29. The van der Waals surface area contributed by atoms with Crippen molar-refractivity contribution in [3.63, 3.8) is 0 Å². The molecule has 0 aliphatic heterocycles. The Morgan fingerprint density at radius 1 is 1.04 bits per heavy atom. The largest absolute Gasteiger partial charge is 0.490 e. The fourth-order valence-corrected chi connectivity index (χ4v) is 2.98. The lowest BCUT2D eigenvalue weighted by Gasteiger charge is -2.12. The molecule has 0 fully saturated rings. The number of rotatable bonds is 6. The number of ether oxygens (including phenoxy) is 1. The average molecular weight is 407 g/mol. The van der Waals surface area contributed by atoms with Gasteiger partial charge in [-0.2, -0.15) is 0 Å². The van der Waals surface area contributed by atoms with Crippen LogP contribution in [-0.4, -0.2) is 12.5 Å². The molecule has 3 nitrogen and oxygen atoms in total. The van der Waals surface area contributed by atoms with Gasteiger partial charge in [0, 0.05) is 10.6 Å². The minimum atomic E-state index is -0.386. The summed E-state index contributed by atoms with van der Waals surface area (Å²) < 4.78 is 5.56. The average Bonchev–Trinajstić information content (AvgIpc) is 2.52. The van der Waals surface area contributed by atoms with Gasteiger partial charge in [0.25, 0.3) is 5.91 Å². The Morgan fingerprint density at radius 2 is 1.71 bits per heavy atom. The molecule has 1 amide bonds. The highest BCUT2D eigenvalue weighted by molar-refractivity contribution is 6.38. The van der Waals surface area contributed by atoms with Gasteiger partial charge in [0.15, 0.2) is 5.75 Å². The molecule has 0 atom stereocenters. The zero-order valence-electron chi connectivity index (χ0n) is 12.8. The summed E-state index contributed by atoms with van der Waals surface area (Å²) in [7, 11) is 0. The number of hydrogen-bond acceptors (Lipinski definition) is 2. The van der Waals surface area contributed by atoms with E-state index in [-0.39, 0.29) is 16.0 Å². The van der Waals surface area contributed by atoms with Crippen LogP contribution in [0.4, 0.5) is 5.69 Å². The number of carbonyl (C=O) groups excluding carboxylic acids is 1. The number of amides is 1. The van der Waals surface area contributed by atoms with Crippen molar-refractivity contribution in [3.8, 4) is 5.75 Å². The van der Waals surface area contributed by atoms with Crippen LogP contribution in [0.1, 0.15) is 30.1 Å². The van der Waals surface area contributed by atoms with Crippen LogP contribution in [0.2, 0.25) is 20.1 Å². The van der Waals surface area contributed by atoms with E-state index in [0.717, 1.165) is 12.8 Å². The molecule has 0 spiro atoms. The van der Waals surface area contributed by atoms with Gasteiger partial charge in [0.05, 0.1) is 27.4 Å². The smallest absolute Gasteiger partial charge is 0.255 e. The number of hydrogen-bond donors (Lipinski definition) is 1. The Hall–Kier alpha value is -1.13. The summed E-state index contributed by atoms with van der Waals surface area (Å²) in [5.74, 6) is -0.00371. The maximum absolute atomic E-state index is 12.4. The minimum Gasteiger partial charge on any atom is -0.490 e. The van der Waals surface area contributed by atoms with Gasteiger partial charge in [-0.05, 0) is 36.8 Å². The summed E-state index contributed by atoms with van der Waals surface area (Å²) in [5.41, 5.74) is 0.750. The van der Waals surface area contributed by atoms with Crippen molar-refractivity contribution in [2.45, 2.75) is 19.8 Å². The molecule has 2 aromatic carbocycles. The van der Waals surface area contributed by atoms with Crippen LogP contribution in [0.3, 0.4) is 0 Å². The summed E-state index contributed by atoms with van der Waals surface area (Å²) in [5, 5.41) is 4.08. The van der Waals surface area contributed by atoms with E-state index in [1.54, 1.807) is 18.2 Å². The second kappa shape index (κ2) is 8.82. The standard InChI is InChI=1S/C17H15Cl4NO2/c1-2-3-6-24-16-13(20)7-10(8-14(16)21)17(23)22-15-5-4-11(18)9-12(15)19/h4-5,7-9H,2-3,6H2,1H3,(H,22,23). The zero-order chi connectivity index (χ0) is 17.7. The third-order valence-electron chi connectivity index (χ3n) is 3.18. The SMILES string of the molecule is CCCCOc1c(Cl)cc(C(=O)Nc2ccc(Cl)cc2Cl)cc1Cl. The van der Waals surface area contributed by atoms with E-state index >= 15 is 0 Å². The van der Waals surface area contributed by atoms with E-state index in [1.165, 1.54) is 12.1 Å². The fraction of sp³-hybridized carbons (Fsp3) is 0.235. The van der Waals surface area contributed by atoms with E-state index in [1.807, 2.05) is 0 Å². The van der Waals surface area contributed by atoms with E-state index < -0.39 is 0 Å². The van der Waals surface area contributed by atoms with Crippen molar-refractivity contribution in [2.24, 2.45) is 0 Å². The van der Waals surface area contributed by atoms with Gasteiger partial charge in [-0.25, -0.2) is 0 Å². The van der Waals surface area contributed by atoms with Gasteiger partial charge < -0.3 is 10.1 Å². The summed E-state index contributed by atoms with van der Waals surface area (Å²) in [6, 6.07) is 7.81. The van der Waals surface area contributed by atoms with Crippen LogP contribution in [0.25, 0.3) is 0 Å². The lowest BCUT2D eigenvalue weighted by atomic mass is 10.2. The fourth-order valence-electron chi connectivity index (χ4n) is 1.93. The molecule has 0 unspecified atom stereocenters. The topological polar surface area (TPSA) is 38.3 Å². The lowest BCUT2D eigenvalue weighted by Crippen LogP contribution is -2.12. The quantitative estimate of drug-likeness (QED) is 0.540.